The second-order valence-corrected chi connectivity index (χ2v) is 4.64. The van der Waals surface area contributed by atoms with Crippen LogP contribution in [0.15, 0.2) is 11.4 Å². The summed E-state index contributed by atoms with van der Waals surface area (Å²) in [6.45, 7) is 2.04. The Labute approximate surface area is 92.8 Å². The predicted molar refractivity (Wildman–Crippen MR) is 58.5 cm³/mol. The van der Waals surface area contributed by atoms with E-state index in [1.54, 1.807) is 18.4 Å². The average molecular weight is 226 g/mol. The van der Waals surface area contributed by atoms with Gasteiger partial charge in [-0.1, -0.05) is 0 Å². The molecule has 82 valence electrons. The number of hydrogen-bond donors (Lipinski definition) is 3. The Morgan fingerprint density at radius 2 is 2.20 bits per heavy atom. The molecular weight excluding hydrogens is 212 g/mol. The van der Waals surface area contributed by atoms with Crippen molar-refractivity contribution in [2.24, 2.45) is 0 Å². The van der Waals surface area contributed by atoms with E-state index < -0.39 is 5.54 Å². The highest BCUT2D eigenvalue weighted by molar-refractivity contribution is 7.10. The summed E-state index contributed by atoms with van der Waals surface area (Å²) in [7, 11) is 0. The van der Waals surface area contributed by atoms with Crippen molar-refractivity contribution in [3.05, 3.63) is 21.9 Å². The van der Waals surface area contributed by atoms with Gasteiger partial charge in [-0.15, -0.1) is 11.3 Å². The molecule has 0 fully saturated rings. The van der Waals surface area contributed by atoms with Crippen LogP contribution in [0.5, 0.6) is 0 Å². The molecule has 0 aliphatic rings. The summed E-state index contributed by atoms with van der Waals surface area (Å²) >= 11 is 1.49. The fourth-order valence-corrected chi connectivity index (χ4v) is 1.74. The first-order chi connectivity index (χ1) is 7.13. The number of aliphatic hydroxyl groups is 2. The van der Waals surface area contributed by atoms with Crippen LogP contribution in [-0.4, -0.2) is 29.0 Å². The van der Waals surface area contributed by atoms with Gasteiger partial charge >= 0.3 is 0 Å². The number of nitrogens with zero attached hydrogens (tertiary/aromatic N) is 1. The molecular formula is C10H14N2O2S. The molecule has 0 amide bonds. The number of aliphatic hydroxyl groups excluding tert-OH is 2. The van der Waals surface area contributed by atoms with Crippen LogP contribution in [0.1, 0.15) is 17.4 Å². The zero-order valence-electron chi connectivity index (χ0n) is 8.53. The van der Waals surface area contributed by atoms with Gasteiger partial charge in [-0.2, -0.15) is 5.26 Å². The number of hydrogen-bond acceptors (Lipinski definition) is 5. The van der Waals surface area contributed by atoms with Crippen molar-refractivity contribution >= 4 is 11.3 Å². The fraction of sp³-hybridized carbons (Fsp3) is 0.500. The summed E-state index contributed by atoms with van der Waals surface area (Å²) in [6, 6.07) is 3.85. The minimum atomic E-state index is -0.670. The molecule has 4 nitrogen and oxygen atoms in total. The molecule has 3 N–H and O–H groups in total. The van der Waals surface area contributed by atoms with Gasteiger partial charge in [0.2, 0.25) is 0 Å². The summed E-state index contributed by atoms with van der Waals surface area (Å²) in [6.07, 6.45) is 0. The summed E-state index contributed by atoms with van der Waals surface area (Å²) in [5, 5.41) is 31.5. The maximum absolute atomic E-state index is 9.04. The molecule has 0 bridgehead atoms. The van der Waals surface area contributed by atoms with E-state index in [-0.39, 0.29) is 13.2 Å². The molecule has 0 atom stereocenters. The smallest absolute Gasteiger partial charge is 0.100 e. The van der Waals surface area contributed by atoms with Crippen molar-refractivity contribution in [2.75, 3.05) is 13.2 Å². The Morgan fingerprint density at radius 1 is 1.53 bits per heavy atom. The van der Waals surface area contributed by atoms with E-state index in [1.807, 2.05) is 0 Å². The molecule has 0 spiro atoms. The molecule has 0 aromatic carbocycles. The van der Waals surface area contributed by atoms with E-state index in [0.717, 1.165) is 4.88 Å². The van der Waals surface area contributed by atoms with Gasteiger partial charge in [0.15, 0.2) is 0 Å². The van der Waals surface area contributed by atoms with Crippen LogP contribution in [0.2, 0.25) is 0 Å². The van der Waals surface area contributed by atoms with E-state index in [4.69, 9.17) is 15.5 Å². The highest BCUT2D eigenvalue weighted by Gasteiger charge is 2.21. The van der Waals surface area contributed by atoms with Crippen LogP contribution in [0.4, 0.5) is 0 Å². The molecule has 0 unspecified atom stereocenters. The third kappa shape index (κ3) is 3.29. The first-order valence-corrected chi connectivity index (χ1v) is 5.46. The first-order valence-electron chi connectivity index (χ1n) is 4.58. The van der Waals surface area contributed by atoms with Crippen molar-refractivity contribution in [1.82, 2.24) is 5.32 Å². The lowest BCUT2D eigenvalue weighted by molar-refractivity contribution is 0.103. The predicted octanol–water partition coefficient (Wildman–Crippen LogP) is 0.453. The Hall–Kier alpha value is -0.930. The maximum atomic E-state index is 9.04. The Bertz CT molecular complexity index is 353. The quantitative estimate of drug-likeness (QED) is 0.681. The van der Waals surface area contributed by atoms with Crippen molar-refractivity contribution in [3.8, 4) is 6.07 Å². The van der Waals surface area contributed by atoms with Gasteiger partial charge in [-0.05, 0) is 13.0 Å². The number of rotatable bonds is 5. The van der Waals surface area contributed by atoms with Crippen molar-refractivity contribution in [3.63, 3.8) is 0 Å². The summed E-state index contributed by atoms with van der Waals surface area (Å²) in [5.74, 6) is 0. The molecule has 0 aliphatic heterocycles. The average Bonchev–Trinajstić information content (AvgIpc) is 2.74. The fourth-order valence-electron chi connectivity index (χ4n) is 0.994. The molecule has 0 radical (unpaired) electrons. The summed E-state index contributed by atoms with van der Waals surface area (Å²) < 4.78 is 0. The monoisotopic (exact) mass is 226 g/mol. The number of thiophene rings is 1. The van der Waals surface area contributed by atoms with Crippen LogP contribution in [0.3, 0.4) is 0 Å². The topological polar surface area (TPSA) is 76.3 Å². The molecule has 1 rings (SSSR count). The Balaban J connectivity index is 2.53. The lowest BCUT2D eigenvalue weighted by atomic mass is 10.1. The zero-order valence-corrected chi connectivity index (χ0v) is 9.34. The SMILES string of the molecule is CC(CO)(CO)NCc1cc(C#N)cs1. The molecule has 0 saturated carbocycles. The minimum Gasteiger partial charge on any atom is -0.394 e. The molecule has 0 saturated heterocycles. The van der Waals surface area contributed by atoms with E-state index in [0.29, 0.717) is 12.1 Å². The van der Waals surface area contributed by atoms with E-state index in [2.05, 4.69) is 11.4 Å². The van der Waals surface area contributed by atoms with Crippen molar-refractivity contribution in [1.29, 1.82) is 5.26 Å². The highest BCUT2D eigenvalue weighted by Crippen LogP contribution is 2.14. The minimum absolute atomic E-state index is 0.125. The van der Waals surface area contributed by atoms with Gasteiger partial charge in [-0.3, -0.25) is 0 Å². The van der Waals surface area contributed by atoms with E-state index in [1.165, 1.54) is 11.3 Å². The van der Waals surface area contributed by atoms with Crippen molar-refractivity contribution in [2.45, 2.75) is 19.0 Å². The standard InChI is InChI=1S/C10H14N2O2S/c1-10(6-13,7-14)12-4-9-2-8(3-11)5-15-9/h2,5,12-14H,4,6-7H2,1H3. The van der Waals surface area contributed by atoms with E-state index >= 15 is 0 Å². The molecule has 5 heteroatoms. The number of nitriles is 1. The lowest BCUT2D eigenvalue weighted by Crippen LogP contribution is -2.48. The largest absolute Gasteiger partial charge is 0.394 e. The Kier molecular flexibility index (Phi) is 4.24. The van der Waals surface area contributed by atoms with Gasteiger partial charge in [0.05, 0.1) is 24.3 Å². The van der Waals surface area contributed by atoms with Gasteiger partial charge < -0.3 is 15.5 Å². The molecule has 1 aromatic heterocycles. The molecule has 15 heavy (non-hydrogen) atoms. The lowest BCUT2D eigenvalue weighted by Gasteiger charge is -2.25. The van der Waals surface area contributed by atoms with Gasteiger partial charge in [0.1, 0.15) is 6.07 Å². The van der Waals surface area contributed by atoms with Crippen LogP contribution < -0.4 is 5.32 Å². The second kappa shape index (κ2) is 5.24. The van der Waals surface area contributed by atoms with Crippen LogP contribution >= 0.6 is 11.3 Å². The second-order valence-electron chi connectivity index (χ2n) is 3.64. The van der Waals surface area contributed by atoms with E-state index in [9.17, 15) is 0 Å². The number of nitrogens with one attached hydrogen (secondary N) is 1. The van der Waals surface area contributed by atoms with Crippen LogP contribution in [0, 0.1) is 11.3 Å². The van der Waals surface area contributed by atoms with Gasteiger partial charge in [0.25, 0.3) is 0 Å². The van der Waals surface area contributed by atoms with Gasteiger partial charge in [-0.25, -0.2) is 0 Å². The highest BCUT2D eigenvalue weighted by atomic mass is 32.1. The van der Waals surface area contributed by atoms with Crippen LogP contribution in [0.25, 0.3) is 0 Å². The normalized spacial score (nSPS) is 11.3. The summed E-state index contributed by atoms with van der Waals surface area (Å²) in [4.78, 5) is 1.01. The van der Waals surface area contributed by atoms with Crippen molar-refractivity contribution < 1.29 is 10.2 Å². The zero-order chi connectivity index (χ0) is 11.3. The summed E-state index contributed by atoms with van der Waals surface area (Å²) in [5.41, 5.74) is -0.0249. The molecule has 1 heterocycles. The third-order valence-corrected chi connectivity index (χ3v) is 3.11. The Morgan fingerprint density at radius 3 is 2.67 bits per heavy atom. The van der Waals surface area contributed by atoms with Gasteiger partial charge in [0, 0.05) is 16.8 Å². The molecule has 1 aromatic rings. The third-order valence-electron chi connectivity index (χ3n) is 2.17. The first kappa shape index (κ1) is 12.1. The van der Waals surface area contributed by atoms with Crippen LogP contribution in [-0.2, 0) is 6.54 Å². The maximum Gasteiger partial charge on any atom is 0.100 e. The molecule has 0 aliphatic carbocycles.